The van der Waals surface area contributed by atoms with Crippen LogP contribution in [0.4, 0.5) is 4.39 Å². The van der Waals surface area contributed by atoms with Crippen LogP contribution in [0.1, 0.15) is 29.1 Å². The van der Waals surface area contributed by atoms with Gasteiger partial charge in [-0.1, -0.05) is 12.1 Å². The number of thiazole rings is 1. The van der Waals surface area contributed by atoms with E-state index in [9.17, 15) is 9.18 Å². The van der Waals surface area contributed by atoms with Crippen LogP contribution in [0.2, 0.25) is 0 Å². The van der Waals surface area contributed by atoms with E-state index >= 15 is 0 Å². The van der Waals surface area contributed by atoms with Crippen molar-refractivity contribution in [3.8, 4) is 0 Å². The molecule has 1 aliphatic rings. The lowest BCUT2D eigenvalue weighted by Gasteiger charge is -2.23. The Labute approximate surface area is 163 Å². The first-order valence-electron chi connectivity index (χ1n) is 7.83. The van der Waals surface area contributed by atoms with Gasteiger partial charge in [0.2, 0.25) is 5.91 Å². The first kappa shape index (κ1) is 21.8. The third-order valence-corrected chi connectivity index (χ3v) is 5.07. The van der Waals surface area contributed by atoms with Crippen molar-refractivity contribution in [2.75, 3.05) is 13.1 Å². The molecule has 0 radical (unpaired) electrons. The summed E-state index contributed by atoms with van der Waals surface area (Å²) < 4.78 is 12.9. The van der Waals surface area contributed by atoms with Gasteiger partial charge in [0.05, 0.1) is 17.1 Å². The standard InChI is InChI=1S/C17H20FN3OS.2ClH/c18-13-5-3-12(4-6-13)8-16-20-14(11-23-16)9-17(22)21-7-1-2-15(21)10-19;;/h3-6,11,15H,1-2,7-10,19H2;2*1H. The molecule has 0 saturated carbocycles. The molecule has 2 N–H and O–H groups in total. The van der Waals surface area contributed by atoms with Crippen LogP contribution in [0, 0.1) is 5.82 Å². The molecule has 2 heterocycles. The molecule has 0 aliphatic carbocycles. The molecule has 1 aromatic carbocycles. The quantitative estimate of drug-likeness (QED) is 0.830. The summed E-state index contributed by atoms with van der Waals surface area (Å²) in [6.45, 7) is 1.33. The van der Waals surface area contributed by atoms with Gasteiger partial charge in [0, 0.05) is 30.9 Å². The lowest BCUT2D eigenvalue weighted by Crippen LogP contribution is -2.40. The minimum Gasteiger partial charge on any atom is -0.338 e. The maximum absolute atomic E-state index is 12.9. The number of carbonyl (C=O) groups is 1. The Morgan fingerprint density at radius 3 is 2.72 bits per heavy atom. The zero-order valence-electron chi connectivity index (χ0n) is 13.7. The summed E-state index contributed by atoms with van der Waals surface area (Å²) in [5.41, 5.74) is 7.54. The summed E-state index contributed by atoms with van der Waals surface area (Å²) in [5.74, 6) is -0.129. The first-order chi connectivity index (χ1) is 11.2. The van der Waals surface area contributed by atoms with Gasteiger partial charge in [-0.05, 0) is 30.5 Å². The van der Waals surface area contributed by atoms with E-state index in [0.717, 1.165) is 35.7 Å². The van der Waals surface area contributed by atoms with Crippen molar-refractivity contribution >= 4 is 42.1 Å². The minimum absolute atomic E-state index is 0. The fraction of sp³-hybridized carbons (Fsp3) is 0.412. The van der Waals surface area contributed by atoms with Gasteiger partial charge < -0.3 is 10.6 Å². The smallest absolute Gasteiger partial charge is 0.228 e. The highest BCUT2D eigenvalue weighted by Crippen LogP contribution is 2.19. The zero-order chi connectivity index (χ0) is 16.2. The molecule has 8 heteroatoms. The fourth-order valence-corrected chi connectivity index (χ4v) is 3.78. The van der Waals surface area contributed by atoms with Gasteiger partial charge in [-0.3, -0.25) is 4.79 Å². The minimum atomic E-state index is -0.237. The van der Waals surface area contributed by atoms with Crippen LogP contribution < -0.4 is 5.73 Å². The van der Waals surface area contributed by atoms with Gasteiger partial charge in [0.15, 0.2) is 0 Å². The number of nitrogens with two attached hydrogens (primary N) is 1. The Morgan fingerprint density at radius 2 is 2.04 bits per heavy atom. The van der Waals surface area contributed by atoms with Gasteiger partial charge in [0.1, 0.15) is 5.82 Å². The van der Waals surface area contributed by atoms with E-state index in [4.69, 9.17) is 5.73 Å². The highest BCUT2D eigenvalue weighted by molar-refractivity contribution is 7.09. The van der Waals surface area contributed by atoms with Crippen LogP contribution in [-0.2, 0) is 17.6 Å². The van der Waals surface area contributed by atoms with E-state index in [1.165, 1.54) is 23.5 Å². The molecule has 138 valence electrons. The molecular formula is C17H22Cl2FN3OS. The van der Waals surface area contributed by atoms with E-state index in [1.54, 1.807) is 12.1 Å². The molecule has 1 fully saturated rings. The molecule has 3 rings (SSSR count). The number of rotatable bonds is 5. The average Bonchev–Trinajstić information content (AvgIpc) is 3.18. The van der Waals surface area contributed by atoms with Crippen molar-refractivity contribution < 1.29 is 9.18 Å². The number of hydrogen-bond donors (Lipinski definition) is 1. The van der Waals surface area contributed by atoms with Gasteiger partial charge >= 0.3 is 0 Å². The van der Waals surface area contributed by atoms with E-state index in [2.05, 4.69) is 4.98 Å². The topological polar surface area (TPSA) is 59.2 Å². The van der Waals surface area contributed by atoms with Crippen molar-refractivity contribution in [2.24, 2.45) is 5.73 Å². The molecule has 1 unspecified atom stereocenters. The lowest BCUT2D eigenvalue weighted by molar-refractivity contribution is -0.131. The maximum atomic E-state index is 12.9. The molecule has 4 nitrogen and oxygen atoms in total. The number of nitrogens with zero attached hydrogens (tertiary/aromatic N) is 2. The van der Waals surface area contributed by atoms with Crippen molar-refractivity contribution in [1.29, 1.82) is 0 Å². The zero-order valence-corrected chi connectivity index (χ0v) is 16.1. The fourth-order valence-electron chi connectivity index (χ4n) is 2.95. The van der Waals surface area contributed by atoms with E-state index < -0.39 is 0 Å². The molecule has 0 bridgehead atoms. The third-order valence-electron chi connectivity index (χ3n) is 4.17. The van der Waals surface area contributed by atoms with Crippen molar-refractivity contribution in [3.05, 3.63) is 51.7 Å². The lowest BCUT2D eigenvalue weighted by atomic mass is 10.1. The highest BCUT2D eigenvalue weighted by atomic mass is 35.5. The Hall–Kier alpha value is -1.21. The molecule has 1 saturated heterocycles. The van der Waals surface area contributed by atoms with Crippen LogP contribution in [0.3, 0.4) is 0 Å². The second kappa shape index (κ2) is 10.1. The van der Waals surface area contributed by atoms with E-state index in [-0.39, 0.29) is 42.6 Å². The highest BCUT2D eigenvalue weighted by Gasteiger charge is 2.27. The van der Waals surface area contributed by atoms with E-state index in [1.807, 2.05) is 10.3 Å². The first-order valence-corrected chi connectivity index (χ1v) is 8.71. The van der Waals surface area contributed by atoms with Crippen LogP contribution >= 0.6 is 36.2 Å². The Kier molecular flexibility index (Phi) is 8.79. The normalized spacial score (nSPS) is 16.2. The van der Waals surface area contributed by atoms with Crippen LogP contribution in [0.5, 0.6) is 0 Å². The monoisotopic (exact) mass is 405 g/mol. The summed E-state index contributed by atoms with van der Waals surface area (Å²) in [7, 11) is 0. The summed E-state index contributed by atoms with van der Waals surface area (Å²) in [4.78, 5) is 18.8. The molecule has 1 aromatic heterocycles. The summed E-state index contributed by atoms with van der Waals surface area (Å²) in [6.07, 6.45) is 3.01. The molecule has 0 spiro atoms. The van der Waals surface area contributed by atoms with Crippen LogP contribution in [-0.4, -0.2) is 34.9 Å². The largest absolute Gasteiger partial charge is 0.338 e. The third kappa shape index (κ3) is 5.64. The number of likely N-dealkylation sites (tertiary alicyclic amines) is 1. The molecular weight excluding hydrogens is 384 g/mol. The van der Waals surface area contributed by atoms with Crippen LogP contribution in [0.25, 0.3) is 0 Å². The number of benzene rings is 1. The number of aromatic nitrogens is 1. The second-order valence-electron chi connectivity index (χ2n) is 5.83. The molecule has 25 heavy (non-hydrogen) atoms. The average molecular weight is 406 g/mol. The Balaban J connectivity index is 0.00000156. The molecule has 2 aromatic rings. The van der Waals surface area contributed by atoms with Gasteiger partial charge in [-0.2, -0.15) is 0 Å². The predicted octanol–water partition coefficient (Wildman–Crippen LogP) is 3.21. The van der Waals surface area contributed by atoms with Crippen molar-refractivity contribution in [3.63, 3.8) is 0 Å². The SMILES string of the molecule is Cl.Cl.NCC1CCCN1C(=O)Cc1csc(Cc2ccc(F)cc2)n1. The van der Waals surface area contributed by atoms with Crippen molar-refractivity contribution in [1.82, 2.24) is 9.88 Å². The summed E-state index contributed by atoms with van der Waals surface area (Å²) >= 11 is 1.54. The summed E-state index contributed by atoms with van der Waals surface area (Å²) in [6, 6.07) is 6.61. The van der Waals surface area contributed by atoms with Crippen molar-refractivity contribution in [2.45, 2.75) is 31.7 Å². The second-order valence-corrected chi connectivity index (χ2v) is 6.77. The van der Waals surface area contributed by atoms with E-state index in [0.29, 0.717) is 19.4 Å². The predicted molar refractivity (Wildman–Crippen MR) is 103 cm³/mol. The number of hydrogen-bond acceptors (Lipinski definition) is 4. The number of halogens is 3. The van der Waals surface area contributed by atoms with Gasteiger partial charge in [-0.15, -0.1) is 36.2 Å². The van der Waals surface area contributed by atoms with Gasteiger partial charge in [0.25, 0.3) is 0 Å². The maximum Gasteiger partial charge on any atom is 0.228 e. The molecule has 1 aliphatic heterocycles. The number of amides is 1. The van der Waals surface area contributed by atoms with Gasteiger partial charge in [-0.25, -0.2) is 9.37 Å². The molecule has 1 amide bonds. The number of carbonyl (C=O) groups excluding carboxylic acids is 1. The Bertz CT molecular complexity index is 681. The molecule has 1 atom stereocenters. The summed E-state index contributed by atoms with van der Waals surface area (Å²) in [5, 5.41) is 2.88. The Morgan fingerprint density at radius 1 is 1.32 bits per heavy atom. The van der Waals surface area contributed by atoms with Crippen LogP contribution in [0.15, 0.2) is 29.6 Å².